The number of nitrogens with one attached hydrogen (secondary N) is 1. The maximum Gasteiger partial charge on any atom is 0.263 e. The van der Waals surface area contributed by atoms with Crippen molar-refractivity contribution >= 4 is 0 Å². The molecular formula is C14H21F2NO. The molecule has 0 fully saturated rings. The Hall–Kier alpha value is -1.00. The average Bonchev–Trinajstić information content (AvgIpc) is 2.34. The van der Waals surface area contributed by atoms with Crippen LogP contribution in [0.2, 0.25) is 0 Å². The van der Waals surface area contributed by atoms with Gasteiger partial charge in [0.05, 0.1) is 0 Å². The largest absolute Gasteiger partial charge is 0.396 e. The Balaban J connectivity index is 2.51. The van der Waals surface area contributed by atoms with Crippen molar-refractivity contribution in [2.75, 3.05) is 6.61 Å². The number of hydrogen-bond acceptors (Lipinski definition) is 2. The summed E-state index contributed by atoms with van der Waals surface area (Å²) < 4.78 is 24.8. The van der Waals surface area contributed by atoms with Gasteiger partial charge in [-0.05, 0) is 17.9 Å². The number of halogens is 2. The van der Waals surface area contributed by atoms with E-state index >= 15 is 0 Å². The summed E-state index contributed by atoms with van der Waals surface area (Å²) in [5.74, 6) is 0.428. The lowest BCUT2D eigenvalue weighted by atomic mass is 10.0. The highest BCUT2D eigenvalue weighted by Gasteiger charge is 2.12. The van der Waals surface area contributed by atoms with Crippen molar-refractivity contribution in [3.05, 3.63) is 35.4 Å². The predicted molar refractivity (Wildman–Crippen MR) is 68.6 cm³/mol. The first-order valence-electron chi connectivity index (χ1n) is 6.25. The van der Waals surface area contributed by atoms with E-state index in [4.69, 9.17) is 5.11 Å². The molecule has 1 unspecified atom stereocenters. The van der Waals surface area contributed by atoms with E-state index in [0.717, 1.165) is 5.56 Å². The molecule has 4 heteroatoms. The second kappa shape index (κ2) is 7.44. The first-order valence-corrected chi connectivity index (χ1v) is 6.25. The molecule has 2 nitrogen and oxygen atoms in total. The maximum atomic E-state index is 12.4. The van der Waals surface area contributed by atoms with Crippen LogP contribution in [0.3, 0.4) is 0 Å². The molecule has 2 N–H and O–H groups in total. The van der Waals surface area contributed by atoms with Crippen molar-refractivity contribution < 1.29 is 13.9 Å². The Labute approximate surface area is 107 Å². The molecule has 1 atom stereocenters. The average molecular weight is 257 g/mol. The molecule has 0 saturated heterocycles. The highest BCUT2D eigenvalue weighted by Crippen LogP contribution is 2.18. The summed E-state index contributed by atoms with van der Waals surface area (Å²) in [5.41, 5.74) is 1.03. The summed E-state index contributed by atoms with van der Waals surface area (Å²) in [7, 11) is 0. The normalized spacial score (nSPS) is 13.3. The third-order valence-corrected chi connectivity index (χ3v) is 3.04. The second-order valence-corrected chi connectivity index (χ2v) is 4.79. The Morgan fingerprint density at radius 1 is 1.17 bits per heavy atom. The smallest absolute Gasteiger partial charge is 0.263 e. The van der Waals surface area contributed by atoms with Crippen LogP contribution in [0.1, 0.15) is 37.8 Å². The van der Waals surface area contributed by atoms with Gasteiger partial charge in [0.25, 0.3) is 6.43 Å². The van der Waals surface area contributed by atoms with Gasteiger partial charge in [-0.3, -0.25) is 0 Å². The van der Waals surface area contributed by atoms with Crippen molar-refractivity contribution in [1.82, 2.24) is 5.32 Å². The Morgan fingerprint density at radius 2 is 1.78 bits per heavy atom. The first-order chi connectivity index (χ1) is 8.54. The van der Waals surface area contributed by atoms with Crippen LogP contribution >= 0.6 is 0 Å². The molecule has 102 valence electrons. The van der Waals surface area contributed by atoms with Crippen LogP contribution in [0.5, 0.6) is 0 Å². The summed E-state index contributed by atoms with van der Waals surface area (Å²) in [6.07, 6.45) is -1.71. The molecule has 0 spiro atoms. The van der Waals surface area contributed by atoms with Gasteiger partial charge in [0.2, 0.25) is 0 Å². The SMILES string of the molecule is CC(C)C(CCO)NCc1ccc(C(F)F)cc1. The van der Waals surface area contributed by atoms with Gasteiger partial charge >= 0.3 is 0 Å². The molecule has 0 radical (unpaired) electrons. The lowest BCUT2D eigenvalue weighted by molar-refractivity contribution is 0.151. The van der Waals surface area contributed by atoms with Gasteiger partial charge in [0, 0.05) is 24.8 Å². The van der Waals surface area contributed by atoms with E-state index in [2.05, 4.69) is 19.2 Å². The van der Waals surface area contributed by atoms with Crippen molar-refractivity contribution in [2.45, 2.75) is 39.3 Å². The predicted octanol–water partition coefficient (Wildman–Crippen LogP) is 3.12. The highest BCUT2D eigenvalue weighted by atomic mass is 19.3. The van der Waals surface area contributed by atoms with Crippen LogP contribution in [0.15, 0.2) is 24.3 Å². The van der Waals surface area contributed by atoms with Crippen LogP contribution in [0.4, 0.5) is 8.78 Å². The Kier molecular flexibility index (Phi) is 6.22. The van der Waals surface area contributed by atoms with Crippen LogP contribution in [0.25, 0.3) is 0 Å². The number of aliphatic hydroxyl groups excluding tert-OH is 1. The Morgan fingerprint density at radius 3 is 2.22 bits per heavy atom. The number of hydrogen-bond donors (Lipinski definition) is 2. The van der Waals surface area contributed by atoms with Crippen LogP contribution in [0, 0.1) is 5.92 Å². The summed E-state index contributed by atoms with van der Waals surface area (Å²) in [4.78, 5) is 0. The third kappa shape index (κ3) is 4.70. The minimum absolute atomic E-state index is 0.0505. The minimum Gasteiger partial charge on any atom is -0.396 e. The Bertz CT molecular complexity index is 338. The van der Waals surface area contributed by atoms with Crippen LogP contribution < -0.4 is 5.32 Å². The second-order valence-electron chi connectivity index (χ2n) is 4.79. The topological polar surface area (TPSA) is 32.3 Å². The maximum absolute atomic E-state index is 12.4. The van der Waals surface area contributed by atoms with Crippen molar-refractivity contribution in [2.24, 2.45) is 5.92 Å². The van der Waals surface area contributed by atoms with Crippen molar-refractivity contribution in [3.63, 3.8) is 0 Å². The quantitative estimate of drug-likeness (QED) is 0.786. The van der Waals surface area contributed by atoms with E-state index in [1.807, 2.05) is 0 Å². The van der Waals surface area contributed by atoms with Gasteiger partial charge < -0.3 is 10.4 Å². The fourth-order valence-corrected chi connectivity index (χ4v) is 1.84. The fourth-order valence-electron chi connectivity index (χ4n) is 1.84. The lowest BCUT2D eigenvalue weighted by Crippen LogP contribution is -2.34. The standard InChI is InChI=1S/C14H21F2NO/c1-10(2)13(7-8-18)17-9-11-3-5-12(6-4-11)14(15)16/h3-6,10,13-14,17-18H,7-9H2,1-2H3. The summed E-state index contributed by atoms with van der Waals surface area (Å²) >= 11 is 0. The molecule has 18 heavy (non-hydrogen) atoms. The van der Waals surface area contributed by atoms with Gasteiger partial charge in [0.1, 0.15) is 0 Å². The van der Waals surface area contributed by atoms with E-state index in [0.29, 0.717) is 18.9 Å². The van der Waals surface area contributed by atoms with E-state index in [9.17, 15) is 8.78 Å². The first kappa shape index (κ1) is 15.1. The van der Waals surface area contributed by atoms with E-state index in [-0.39, 0.29) is 18.2 Å². The molecule has 1 rings (SSSR count). The molecule has 0 aliphatic heterocycles. The number of rotatable bonds is 7. The molecule has 0 amide bonds. The zero-order chi connectivity index (χ0) is 13.5. The van der Waals surface area contributed by atoms with Crippen molar-refractivity contribution in [1.29, 1.82) is 0 Å². The van der Waals surface area contributed by atoms with E-state index in [1.54, 1.807) is 12.1 Å². The third-order valence-electron chi connectivity index (χ3n) is 3.04. The molecule has 1 aromatic rings. The number of alkyl halides is 2. The molecule has 0 saturated carbocycles. The van der Waals surface area contributed by atoms with Gasteiger partial charge in [-0.1, -0.05) is 38.1 Å². The fraction of sp³-hybridized carbons (Fsp3) is 0.571. The summed E-state index contributed by atoms with van der Waals surface area (Å²) in [6, 6.07) is 6.58. The molecule has 1 aromatic carbocycles. The highest BCUT2D eigenvalue weighted by molar-refractivity contribution is 5.23. The zero-order valence-electron chi connectivity index (χ0n) is 10.9. The molecule has 0 aliphatic carbocycles. The minimum atomic E-state index is -2.41. The summed E-state index contributed by atoms with van der Waals surface area (Å²) in [5, 5.41) is 12.3. The van der Waals surface area contributed by atoms with Gasteiger partial charge in [-0.2, -0.15) is 0 Å². The van der Waals surface area contributed by atoms with Crippen molar-refractivity contribution in [3.8, 4) is 0 Å². The number of benzene rings is 1. The van der Waals surface area contributed by atoms with Gasteiger partial charge in [0.15, 0.2) is 0 Å². The van der Waals surface area contributed by atoms with E-state index < -0.39 is 6.43 Å². The summed E-state index contributed by atoms with van der Waals surface area (Å²) in [6.45, 7) is 4.97. The van der Waals surface area contributed by atoms with Gasteiger partial charge in [-0.15, -0.1) is 0 Å². The molecular weight excluding hydrogens is 236 g/mol. The molecule has 0 aromatic heterocycles. The van der Waals surface area contributed by atoms with E-state index in [1.165, 1.54) is 12.1 Å². The molecule has 0 aliphatic rings. The van der Waals surface area contributed by atoms with Gasteiger partial charge in [-0.25, -0.2) is 8.78 Å². The van der Waals surface area contributed by atoms with Crippen LogP contribution in [-0.2, 0) is 6.54 Å². The van der Waals surface area contributed by atoms with Crippen LogP contribution in [-0.4, -0.2) is 17.8 Å². The zero-order valence-corrected chi connectivity index (χ0v) is 10.9. The number of aliphatic hydroxyl groups is 1. The lowest BCUT2D eigenvalue weighted by Gasteiger charge is -2.21. The monoisotopic (exact) mass is 257 g/mol. The molecule has 0 bridgehead atoms. The molecule has 0 heterocycles.